The van der Waals surface area contributed by atoms with Crippen LogP contribution in [0.3, 0.4) is 0 Å². The average Bonchev–Trinajstić information content (AvgIpc) is 3.25. The van der Waals surface area contributed by atoms with E-state index in [4.69, 9.17) is 20.4 Å². The van der Waals surface area contributed by atoms with Crippen LogP contribution in [0.25, 0.3) is 11.5 Å². The molecule has 0 saturated heterocycles. The molecule has 0 radical (unpaired) electrons. The number of hydrogen-bond donors (Lipinski definition) is 1. The first-order chi connectivity index (χ1) is 11.6. The first-order valence-electron chi connectivity index (χ1n) is 7.17. The molecule has 0 aliphatic carbocycles. The Morgan fingerprint density at radius 1 is 1.29 bits per heavy atom. The van der Waals surface area contributed by atoms with Crippen LogP contribution >= 0.6 is 23.4 Å². The molecular formula is C16H14ClN3O3S. The first-order valence-corrected chi connectivity index (χ1v) is 8.53. The number of nitrogens with zero attached hydrogens (tertiary/aromatic N) is 2. The van der Waals surface area contributed by atoms with Crippen molar-refractivity contribution in [2.75, 3.05) is 5.75 Å². The summed E-state index contributed by atoms with van der Waals surface area (Å²) in [5, 5.41) is 11.7. The van der Waals surface area contributed by atoms with Crippen molar-refractivity contribution in [2.24, 2.45) is 0 Å². The average molecular weight is 364 g/mol. The fourth-order valence-electron chi connectivity index (χ4n) is 2.00. The van der Waals surface area contributed by atoms with Crippen molar-refractivity contribution < 1.29 is 13.6 Å². The minimum atomic E-state index is -0.194. The van der Waals surface area contributed by atoms with Crippen molar-refractivity contribution >= 4 is 29.3 Å². The van der Waals surface area contributed by atoms with Crippen molar-refractivity contribution in [3.05, 3.63) is 53.4 Å². The maximum Gasteiger partial charge on any atom is 0.277 e. The summed E-state index contributed by atoms with van der Waals surface area (Å²) in [5.74, 6) is 1.12. The third kappa shape index (κ3) is 4.18. The Labute approximate surface area is 147 Å². The lowest BCUT2D eigenvalue weighted by atomic mass is 10.2. The predicted octanol–water partition coefficient (Wildman–Crippen LogP) is 3.95. The maximum atomic E-state index is 12.0. The van der Waals surface area contributed by atoms with Gasteiger partial charge < -0.3 is 14.2 Å². The second-order valence-electron chi connectivity index (χ2n) is 4.97. The molecule has 3 rings (SSSR count). The Morgan fingerprint density at radius 2 is 2.08 bits per heavy atom. The zero-order valence-electron chi connectivity index (χ0n) is 12.7. The molecule has 1 unspecified atom stereocenters. The standard InChI is InChI=1S/C16H14ClN3O3S/c1-10(13-3-2-8-22-13)18-14(21)9-24-16-20-19-15(23-16)11-4-6-12(17)7-5-11/h2-8,10H,9H2,1H3,(H,18,21). The number of furan rings is 1. The molecule has 24 heavy (non-hydrogen) atoms. The number of nitrogens with one attached hydrogen (secondary N) is 1. The van der Waals surface area contributed by atoms with Gasteiger partial charge in [0, 0.05) is 10.6 Å². The number of hydrogen-bond acceptors (Lipinski definition) is 6. The van der Waals surface area contributed by atoms with Crippen LogP contribution in [0.1, 0.15) is 18.7 Å². The molecule has 6 nitrogen and oxygen atoms in total. The van der Waals surface area contributed by atoms with Crippen molar-refractivity contribution in [2.45, 2.75) is 18.2 Å². The fraction of sp³-hybridized carbons (Fsp3) is 0.188. The Bertz CT molecular complexity index is 802. The number of thioether (sulfide) groups is 1. The molecule has 0 fully saturated rings. The number of halogens is 1. The lowest BCUT2D eigenvalue weighted by Crippen LogP contribution is -2.27. The second kappa shape index (κ2) is 7.55. The van der Waals surface area contributed by atoms with Gasteiger partial charge in [0.25, 0.3) is 5.22 Å². The van der Waals surface area contributed by atoms with Crippen molar-refractivity contribution in [3.63, 3.8) is 0 Å². The summed E-state index contributed by atoms with van der Waals surface area (Å²) >= 11 is 7.02. The summed E-state index contributed by atoms with van der Waals surface area (Å²) < 4.78 is 10.8. The highest BCUT2D eigenvalue weighted by molar-refractivity contribution is 7.99. The van der Waals surface area contributed by atoms with E-state index in [1.165, 1.54) is 11.8 Å². The Hall–Kier alpha value is -2.25. The summed E-state index contributed by atoms with van der Waals surface area (Å²) in [5.41, 5.74) is 0.773. The Balaban J connectivity index is 1.53. The van der Waals surface area contributed by atoms with E-state index in [9.17, 15) is 4.79 Å². The molecule has 0 aliphatic rings. The zero-order valence-corrected chi connectivity index (χ0v) is 14.3. The van der Waals surface area contributed by atoms with E-state index in [1.807, 2.05) is 13.0 Å². The number of benzene rings is 1. The van der Waals surface area contributed by atoms with Crippen LogP contribution in [0.4, 0.5) is 0 Å². The van der Waals surface area contributed by atoms with Gasteiger partial charge in [0.1, 0.15) is 5.76 Å². The topological polar surface area (TPSA) is 81.2 Å². The molecular weight excluding hydrogens is 350 g/mol. The number of aromatic nitrogens is 2. The maximum absolute atomic E-state index is 12.0. The first kappa shape index (κ1) is 16.6. The minimum Gasteiger partial charge on any atom is -0.467 e. The second-order valence-corrected chi connectivity index (χ2v) is 6.34. The van der Waals surface area contributed by atoms with Gasteiger partial charge in [0.15, 0.2) is 0 Å². The van der Waals surface area contributed by atoms with Crippen LogP contribution < -0.4 is 5.32 Å². The predicted molar refractivity (Wildman–Crippen MR) is 90.7 cm³/mol. The number of carbonyl (C=O) groups excluding carboxylic acids is 1. The van der Waals surface area contributed by atoms with E-state index in [2.05, 4.69) is 15.5 Å². The SMILES string of the molecule is CC(NC(=O)CSc1nnc(-c2ccc(Cl)cc2)o1)c1ccco1. The molecule has 2 aromatic heterocycles. The van der Waals surface area contributed by atoms with E-state index in [0.29, 0.717) is 21.9 Å². The van der Waals surface area contributed by atoms with E-state index in [1.54, 1.807) is 36.6 Å². The van der Waals surface area contributed by atoms with Crippen LogP contribution in [-0.4, -0.2) is 21.9 Å². The van der Waals surface area contributed by atoms with Crippen molar-refractivity contribution in [3.8, 4) is 11.5 Å². The van der Waals surface area contributed by atoms with Gasteiger partial charge in [-0.25, -0.2) is 0 Å². The summed E-state index contributed by atoms with van der Waals surface area (Å²) in [6.45, 7) is 1.85. The van der Waals surface area contributed by atoms with Gasteiger partial charge in [-0.1, -0.05) is 23.4 Å². The van der Waals surface area contributed by atoms with E-state index < -0.39 is 0 Å². The lowest BCUT2D eigenvalue weighted by molar-refractivity contribution is -0.119. The van der Waals surface area contributed by atoms with Gasteiger partial charge in [-0.05, 0) is 43.3 Å². The molecule has 3 aromatic rings. The van der Waals surface area contributed by atoms with Gasteiger partial charge in [0.05, 0.1) is 18.1 Å². The summed E-state index contributed by atoms with van der Waals surface area (Å²) in [6, 6.07) is 10.5. The molecule has 2 heterocycles. The van der Waals surface area contributed by atoms with Crippen LogP contribution in [-0.2, 0) is 4.79 Å². The highest BCUT2D eigenvalue weighted by atomic mass is 35.5. The molecule has 1 aromatic carbocycles. The lowest BCUT2D eigenvalue weighted by Gasteiger charge is -2.10. The van der Waals surface area contributed by atoms with E-state index in [-0.39, 0.29) is 17.7 Å². The van der Waals surface area contributed by atoms with Crippen LogP contribution in [0.2, 0.25) is 5.02 Å². The molecule has 0 spiro atoms. The van der Waals surface area contributed by atoms with Gasteiger partial charge in [0.2, 0.25) is 11.8 Å². The van der Waals surface area contributed by atoms with Gasteiger partial charge >= 0.3 is 0 Å². The monoisotopic (exact) mass is 363 g/mol. The Kier molecular flexibility index (Phi) is 5.22. The molecule has 124 valence electrons. The third-order valence-electron chi connectivity index (χ3n) is 3.17. The van der Waals surface area contributed by atoms with Gasteiger partial charge in [-0.2, -0.15) is 0 Å². The van der Waals surface area contributed by atoms with Gasteiger partial charge in [-0.15, -0.1) is 10.2 Å². The van der Waals surface area contributed by atoms with Crippen molar-refractivity contribution in [1.29, 1.82) is 0 Å². The number of rotatable bonds is 6. The van der Waals surface area contributed by atoms with Crippen molar-refractivity contribution in [1.82, 2.24) is 15.5 Å². The number of amides is 1. The zero-order chi connectivity index (χ0) is 16.9. The fourth-order valence-corrected chi connectivity index (χ4v) is 2.70. The number of carbonyl (C=O) groups is 1. The summed E-state index contributed by atoms with van der Waals surface area (Å²) in [4.78, 5) is 12.0. The molecule has 1 atom stereocenters. The Morgan fingerprint density at radius 3 is 2.79 bits per heavy atom. The molecule has 1 amide bonds. The van der Waals surface area contributed by atoms with Crippen LogP contribution in [0, 0.1) is 0 Å². The molecule has 0 saturated carbocycles. The highest BCUT2D eigenvalue weighted by Gasteiger charge is 2.14. The smallest absolute Gasteiger partial charge is 0.277 e. The van der Waals surface area contributed by atoms with Gasteiger partial charge in [-0.3, -0.25) is 4.79 Å². The minimum absolute atomic E-state index is 0.143. The highest BCUT2D eigenvalue weighted by Crippen LogP contribution is 2.24. The van der Waals surface area contributed by atoms with Crippen LogP contribution in [0.5, 0.6) is 0 Å². The normalized spacial score (nSPS) is 12.1. The molecule has 0 bridgehead atoms. The summed E-state index contributed by atoms with van der Waals surface area (Å²) in [7, 11) is 0. The third-order valence-corrected chi connectivity index (χ3v) is 4.24. The molecule has 1 N–H and O–H groups in total. The van der Waals surface area contributed by atoms with E-state index >= 15 is 0 Å². The van der Waals surface area contributed by atoms with Crippen LogP contribution in [0.15, 0.2) is 56.7 Å². The largest absolute Gasteiger partial charge is 0.467 e. The quantitative estimate of drug-likeness (QED) is 0.668. The molecule has 0 aliphatic heterocycles. The summed E-state index contributed by atoms with van der Waals surface area (Å²) in [6.07, 6.45) is 1.57. The van der Waals surface area contributed by atoms with E-state index in [0.717, 1.165) is 5.56 Å². The molecule has 8 heteroatoms.